The number of benzene rings is 2. The molecule has 3 fully saturated rings. The lowest BCUT2D eigenvalue weighted by atomic mass is 9.75. The summed E-state index contributed by atoms with van der Waals surface area (Å²) in [7, 11) is 0. The van der Waals surface area contributed by atoms with E-state index < -0.39 is 5.54 Å². The second-order valence-corrected chi connectivity index (χ2v) is 8.87. The molecular formula is C24H25N5OS. The zero-order chi connectivity index (χ0) is 21.6. The van der Waals surface area contributed by atoms with Gasteiger partial charge in [-0.1, -0.05) is 0 Å². The smallest absolute Gasteiger partial charge is 0.259 e. The predicted molar refractivity (Wildman–Crippen MR) is 127 cm³/mol. The van der Waals surface area contributed by atoms with Gasteiger partial charge in [0.25, 0.3) is 5.91 Å². The number of nitrogens with one attached hydrogen (secondary N) is 1. The van der Waals surface area contributed by atoms with Crippen molar-refractivity contribution in [1.82, 2.24) is 5.32 Å². The number of hydrogen-bond donors (Lipinski definition) is 1. The van der Waals surface area contributed by atoms with Gasteiger partial charge in [-0.2, -0.15) is 5.26 Å². The summed E-state index contributed by atoms with van der Waals surface area (Å²) < 4.78 is 0. The van der Waals surface area contributed by atoms with Crippen LogP contribution >= 0.6 is 12.2 Å². The number of aryl methyl sites for hydroxylation is 1. The highest BCUT2D eigenvalue weighted by atomic mass is 32.1. The van der Waals surface area contributed by atoms with Gasteiger partial charge in [-0.3, -0.25) is 9.69 Å². The third-order valence-corrected chi connectivity index (χ3v) is 7.14. The molecule has 2 aromatic rings. The Balaban J connectivity index is 1.48. The second kappa shape index (κ2) is 7.63. The molecule has 2 saturated heterocycles. The molecule has 1 amide bonds. The number of piperazine rings is 1. The summed E-state index contributed by atoms with van der Waals surface area (Å²) in [5.74, 6) is 0.0408. The summed E-state index contributed by atoms with van der Waals surface area (Å²) in [6.07, 6.45) is 2.62. The molecule has 7 heteroatoms. The molecular weight excluding hydrogens is 406 g/mol. The summed E-state index contributed by atoms with van der Waals surface area (Å²) in [4.78, 5) is 19.7. The van der Waals surface area contributed by atoms with Gasteiger partial charge in [0.05, 0.1) is 17.3 Å². The molecule has 0 aromatic heterocycles. The summed E-state index contributed by atoms with van der Waals surface area (Å²) in [6, 6.07) is 16.1. The van der Waals surface area contributed by atoms with E-state index in [9.17, 15) is 10.1 Å². The average molecular weight is 432 g/mol. The van der Waals surface area contributed by atoms with Crippen molar-refractivity contribution in [2.45, 2.75) is 31.7 Å². The first-order valence-electron chi connectivity index (χ1n) is 10.8. The minimum absolute atomic E-state index is 0.0408. The van der Waals surface area contributed by atoms with E-state index in [2.05, 4.69) is 45.5 Å². The van der Waals surface area contributed by atoms with Crippen LogP contribution in [0.2, 0.25) is 0 Å². The highest BCUT2D eigenvalue weighted by Gasteiger charge is 2.59. The molecule has 5 rings (SSSR count). The number of thiocarbonyl (C=S) groups is 1. The molecule has 3 aliphatic rings. The van der Waals surface area contributed by atoms with E-state index in [1.165, 1.54) is 5.69 Å². The van der Waals surface area contributed by atoms with Gasteiger partial charge in [0, 0.05) is 37.6 Å². The molecule has 1 saturated carbocycles. The van der Waals surface area contributed by atoms with Crippen molar-refractivity contribution < 1.29 is 4.79 Å². The Morgan fingerprint density at radius 1 is 1.03 bits per heavy atom. The third kappa shape index (κ3) is 3.10. The van der Waals surface area contributed by atoms with Crippen LogP contribution in [-0.4, -0.2) is 42.7 Å². The first kappa shape index (κ1) is 20.0. The maximum Gasteiger partial charge on any atom is 0.259 e. The second-order valence-electron chi connectivity index (χ2n) is 8.51. The van der Waals surface area contributed by atoms with Gasteiger partial charge >= 0.3 is 0 Å². The standard InChI is InChI=1S/C24H25N5OS/c1-17-15-21(4-3-18(17)16-25)28-22(30)24(9-2-10-24)29(23(28)31)20-7-5-19(6-8-20)27-13-11-26-12-14-27/h3-8,15,26H,2,9-14H2,1H3. The molecule has 2 aliphatic heterocycles. The number of anilines is 3. The number of carbonyl (C=O) groups excluding carboxylic acids is 1. The number of rotatable bonds is 3. The van der Waals surface area contributed by atoms with Crippen molar-refractivity contribution >= 4 is 40.3 Å². The van der Waals surface area contributed by atoms with Crippen LogP contribution < -0.4 is 20.0 Å². The maximum atomic E-state index is 13.6. The minimum atomic E-state index is -0.588. The lowest BCUT2D eigenvalue weighted by Gasteiger charge is -2.43. The average Bonchev–Trinajstić information content (AvgIpc) is 3.01. The molecule has 158 valence electrons. The van der Waals surface area contributed by atoms with Gasteiger partial charge in [-0.05, 0) is 86.4 Å². The number of amides is 1. The van der Waals surface area contributed by atoms with Crippen molar-refractivity contribution in [3.63, 3.8) is 0 Å². The predicted octanol–water partition coefficient (Wildman–Crippen LogP) is 3.34. The zero-order valence-electron chi connectivity index (χ0n) is 17.6. The maximum absolute atomic E-state index is 13.6. The summed E-state index contributed by atoms with van der Waals surface area (Å²) >= 11 is 5.86. The van der Waals surface area contributed by atoms with Gasteiger partial charge < -0.3 is 15.1 Å². The topological polar surface area (TPSA) is 62.6 Å². The number of nitriles is 1. The van der Waals surface area contributed by atoms with Gasteiger partial charge in [0.2, 0.25) is 0 Å². The fourth-order valence-electron chi connectivity index (χ4n) is 4.86. The van der Waals surface area contributed by atoms with Crippen LogP contribution in [0.3, 0.4) is 0 Å². The Morgan fingerprint density at radius 3 is 2.26 bits per heavy atom. The molecule has 6 nitrogen and oxygen atoms in total. The first-order chi connectivity index (χ1) is 15.0. The molecule has 1 spiro atoms. The fraction of sp³-hybridized carbons (Fsp3) is 0.375. The molecule has 31 heavy (non-hydrogen) atoms. The van der Waals surface area contributed by atoms with Crippen LogP contribution in [0.25, 0.3) is 0 Å². The van der Waals surface area contributed by atoms with Crippen LogP contribution in [0.15, 0.2) is 42.5 Å². The minimum Gasteiger partial charge on any atom is -0.369 e. The van der Waals surface area contributed by atoms with E-state index in [0.29, 0.717) is 10.7 Å². The van der Waals surface area contributed by atoms with Gasteiger partial charge in [-0.25, -0.2) is 0 Å². The number of hydrogen-bond acceptors (Lipinski definition) is 5. The van der Waals surface area contributed by atoms with Crippen molar-refractivity contribution in [2.24, 2.45) is 0 Å². The lowest BCUT2D eigenvalue weighted by Crippen LogP contribution is -2.55. The Kier molecular flexibility index (Phi) is 4.92. The van der Waals surface area contributed by atoms with Gasteiger partial charge in [0.15, 0.2) is 5.11 Å². The van der Waals surface area contributed by atoms with Gasteiger partial charge in [0.1, 0.15) is 5.54 Å². The van der Waals surface area contributed by atoms with E-state index in [1.54, 1.807) is 11.0 Å². The van der Waals surface area contributed by atoms with E-state index in [4.69, 9.17) is 12.2 Å². The SMILES string of the molecule is Cc1cc(N2C(=O)C3(CCC3)N(c3ccc(N4CCNCC4)cc3)C2=S)ccc1C#N. The van der Waals surface area contributed by atoms with Crippen molar-refractivity contribution in [1.29, 1.82) is 5.26 Å². The lowest BCUT2D eigenvalue weighted by molar-refractivity contribution is -0.123. The molecule has 1 aliphatic carbocycles. The molecule has 0 unspecified atom stereocenters. The molecule has 0 bridgehead atoms. The van der Waals surface area contributed by atoms with E-state index >= 15 is 0 Å². The van der Waals surface area contributed by atoms with Gasteiger partial charge in [-0.15, -0.1) is 0 Å². The van der Waals surface area contributed by atoms with Crippen LogP contribution in [0.1, 0.15) is 30.4 Å². The Morgan fingerprint density at radius 2 is 1.68 bits per heavy atom. The largest absolute Gasteiger partial charge is 0.369 e. The third-order valence-electron chi connectivity index (χ3n) is 6.77. The highest BCUT2D eigenvalue weighted by Crippen LogP contribution is 2.48. The quantitative estimate of drug-likeness (QED) is 0.752. The van der Waals surface area contributed by atoms with E-state index in [1.807, 2.05) is 19.1 Å². The monoisotopic (exact) mass is 431 g/mol. The Bertz CT molecular complexity index is 1080. The highest BCUT2D eigenvalue weighted by molar-refractivity contribution is 7.81. The summed E-state index contributed by atoms with van der Waals surface area (Å²) in [5.41, 5.74) is 3.76. The normalized spacial score (nSPS) is 20.2. The van der Waals surface area contributed by atoms with E-state index in [0.717, 1.165) is 62.4 Å². The Hall–Kier alpha value is -2.95. The summed E-state index contributed by atoms with van der Waals surface area (Å²) in [5, 5.41) is 13.1. The number of carbonyl (C=O) groups is 1. The Labute approximate surface area is 188 Å². The molecule has 0 atom stereocenters. The van der Waals surface area contributed by atoms with Crippen LogP contribution in [-0.2, 0) is 4.79 Å². The molecule has 1 N–H and O–H groups in total. The molecule has 0 radical (unpaired) electrons. The number of nitrogens with zero attached hydrogens (tertiary/aromatic N) is 4. The van der Waals surface area contributed by atoms with Crippen LogP contribution in [0, 0.1) is 18.3 Å². The van der Waals surface area contributed by atoms with Crippen molar-refractivity contribution in [2.75, 3.05) is 40.9 Å². The fourth-order valence-corrected chi connectivity index (χ4v) is 5.32. The van der Waals surface area contributed by atoms with E-state index in [-0.39, 0.29) is 5.91 Å². The van der Waals surface area contributed by atoms with Crippen LogP contribution in [0.5, 0.6) is 0 Å². The molecule has 2 aromatic carbocycles. The zero-order valence-corrected chi connectivity index (χ0v) is 18.4. The van der Waals surface area contributed by atoms with Crippen molar-refractivity contribution in [3.8, 4) is 6.07 Å². The van der Waals surface area contributed by atoms with Crippen molar-refractivity contribution in [3.05, 3.63) is 53.6 Å². The summed E-state index contributed by atoms with van der Waals surface area (Å²) in [6.45, 7) is 5.87. The van der Waals surface area contributed by atoms with Crippen LogP contribution in [0.4, 0.5) is 17.1 Å². The molecule has 2 heterocycles. The first-order valence-corrected chi connectivity index (χ1v) is 11.2.